The molecule has 4 nitrogen and oxygen atoms in total. The summed E-state index contributed by atoms with van der Waals surface area (Å²) in [6.07, 6.45) is 11.1. The highest BCUT2D eigenvalue weighted by atomic mass is 31.2. The predicted molar refractivity (Wildman–Crippen MR) is 99.9 cm³/mol. The Morgan fingerprint density at radius 2 is 1.78 bits per heavy atom. The van der Waals surface area contributed by atoms with Crippen LogP contribution in [0.25, 0.3) is 0 Å². The molecule has 0 saturated heterocycles. The molecule has 0 aromatic rings. The van der Waals surface area contributed by atoms with Crippen LogP contribution in [0.4, 0.5) is 0 Å². The fraction of sp³-hybridized carbons (Fsp3) is 0.889. The molecule has 2 atom stereocenters. The van der Waals surface area contributed by atoms with E-state index in [-0.39, 0.29) is 6.35 Å². The van der Waals surface area contributed by atoms with Crippen LogP contribution in [0.3, 0.4) is 0 Å². The molecule has 23 heavy (non-hydrogen) atoms. The highest BCUT2D eigenvalue weighted by molar-refractivity contribution is 7.55. The minimum absolute atomic E-state index is 0.144. The van der Waals surface area contributed by atoms with Crippen molar-refractivity contribution in [2.45, 2.75) is 78.6 Å². The third-order valence-electron chi connectivity index (χ3n) is 3.90. The first-order valence-electron chi connectivity index (χ1n) is 9.16. The topological polar surface area (TPSA) is 58.6 Å². The van der Waals surface area contributed by atoms with Crippen molar-refractivity contribution >= 4 is 7.52 Å². The molecule has 0 fully saturated rings. The van der Waals surface area contributed by atoms with Gasteiger partial charge in [0.1, 0.15) is 6.35 Å². The number of rotatable bonds is 16. The summed E-state index contributed by atoms with van der Waals surface area (Å²) in [5.74, 6) is 0.805. The maximum Gasteiger partial charge on any atom is 0.292 e. The van der Waals surface area contributed by atoms with Crippen LogP contribution in [0.2, 0.25) is 0 Å². The summed E-state index contributed by atoms with van der Waals surface area (Å²) < 4.78 is 16.9. The molecule has 138 valence electrons. The first-order valence-corrected chi connectivity index (χ1v) is 11.0. The van der Waals surface area contributed by atoms with Crippen LogP contribution >= 0.6 is 7.52 Å². The molecule has 2 N–H and O–H groups in total. The van der Waals surface area contributed by atoms with Crippen molar-refractivity contribution in [1.29, 1.82) is 0 Å². The van der Waals surface area contributed by atoms with E-state index in [1.807, 2.05) is 6.92 Å². The van der Waals surface area contributed by atoms with Gasteiger partial charge in [-0.25, -0.2) is 5.09 Å². The van der Waals surface area contributed by atoms with E-state index in [4.69, 9.17) is 4.74 Å². The van der Waals surface area contributed by atoms with Crippen molar-refractivity contribution < 1.29 is 14.2 Å². The van der Waals surface area contributed by atoms with Crippen LogP contribution in [0.15, 0.2) is 12.2 Å². The van der Waals surface area contributed by atoms with Crippen molar-refractivity contribution in [2.24, 2.45) is 5.92 Å². The summed E-state index contributed by atoms with van der Waals surface area (Å²) in [7, 11) is -3.35. The lowest BCUT2D eigenvalue weighted by atomic mass is 9.97. The normalized spacial score (nSPS) is 15.3. The third kappa shape index (κ3) is 16.5. The van der Waals surface area contributed by atoms with Crippen molar-refractivity contribution in [1.82, 2.24) is 5.09 Å². The molecular formula is C18H38NO3P. The minimum Gasteiger partial charge on any atom is -0.366 e. The highest BCUT2D eigenvalue weighted by Gasteiger charge is 2.16. The average molecular weight is 347 g/mol. The van der Waals surface area contributed by atoms with Gasteiger partial charge in [0.15, 0.2) is 0 Å². The zero-order valence-electron chi connectivity index (χ0n) is 15.5. The summed E-state index contributed by atoms with van der Waals surface area (Å²) in [4.78, 5) is 9.70. The van der Waals surface area contributed by atoms with Crippen LogP contribution in [-0.2, 0) is 9.30 Å². The van der Waals surface area contributed by atoms with E-state index in [0.717, 1.165) is 24.3 Å². The second-order valence-corrected chi connectivity index (χ2v) is 8.83. The molecule has 0 heterocycles. The Kier molecular flexibility index (Phi) is 14.1. The van der Waals surface area contributed by atoms with E-state index < -0.39 is 7.52 Å². The molecule has 0 amide bonds. The van der Waals surface area contributed by atoms with Gasteiger partial charge in [0, 0.05) is 6.54 Å². The van der Waals surface area contributed by atoms with E-state index in [1.165, 1.54) is 44.9 Å². The van der Waals surface area contributed by atoms with Crippen molar-refractivity contribution in [3.05, 3.63) is 12.2 Å². The average Bonchev–Trinajstić information content (AvgIpc) is 2.46. The third-order valence-corrected chi connectivity index (χ3v) is 5.15. The zero-order valence-corrected chi connectivity index (χ0v) is 16.4. The molecule has 0 aromatic heterocycles. The molecule has 5 heteroatoms. The van der Waals surface area contributed by atoms with Gasteiger partial charge in [-0.3, -0.25) is 4.57 Å². The largest absolute Gasteiger partial charge is 0.366 e. The Balaban J connectivity index is 3.49. The smallest absolute Gasteiger partial charge is 0.292 e. The Hall–Kier alpha value is -0.150. The van der Waals surface area contributed by atoms with E-state index in [2.05, 4.69) is 25.5 Å². The molecule has 0 aromatic carbocycles. The van der Waals surface area contributed by atoms with Gasteiger partial charge in [0.05, 0.1) is 6.61 Å². The van der Waals surface area contributed by atoms with Crippen LogP contribution in [0.1, 0.15) is 78.6 Å². The van der Waals surface area contributed by atoms with Gasteiger partial charge in [-0.2, -0.15) is 0 Å². The summed E-state index contributed by atoms with van der Waals surface area (Å²) in [5.41, 5.74) is 0.855. The van der Waals surface area contributed by atoms with E-state index in [9.17, 15) is 9.46 Å². The first kappa shape index (κ1) is 22.9. The standard InChI is InChI=1S/C18H38NO3P/c1-5-6-7-9-12-18(4)13-10-8-11-14-19-23(20,21)16-22-15-17(2)3/h18H,2,5-16H2,1,3-4H3,(H2,19,20,21). The fourth-order valence-electron chi connectivity index (χ4n) is 2.50. The second-order valence-electron chi connectivity index (χ2n) is 6.85. The molecule has 0 radical (unpaired) electrons. The number of hydrogen-bond acceptors (Lipinski definition) is 2. The lowest BCUT2D eigenvalue weighted by Gasteiger charge is -2.14. The van der Waals surface area contributed by atoms with Gasteiger partial charge in [-0.15, -0.1) is 0 Å². The first-order chi connectivity index (χ1) is 10.9. The molecule has 0 aliphatic carbocycles. The van der Waals surface area contributed by atoms with Gasteiger partial charge in [-0.05, 0) is 19.3 Å². The van der Waals surface area contributed by atoms with Crippen LogP contribution in [0, 0.1) is 5.92 Å². The van der Waals surface area contributed by atoms with Gasteiger partial charge < -0.3 is 9.63 Å². The van der Waals surface area contributed by atoms with Gasteiger partial charge >= 0.3 is 0 Å². The maximum atomic E-state index is 11.8. The number of hydrogen-bond donors (Lipinski definition) is 2. The Morgan fingerprint density at radius 3 is 2.35 bits per heavy atom. The molecule has 0 aliphatic rings. The van der Waals surface area contributed by atoms with E-state index in [0.29, 0.717) is 13.2 Å². The zero-order chi connectivity index (χ0) is 17.6. The Labute approximate surface area is 143 Å². The second kappa shape index (κ2) is 14.2. The Morgan fingerprint density at radius 1 is 1.17 bits per heavy atom. The van der Waals surface area contributed by atoms with E-state index in [1.54, 1.807) is 0 Å². The summed E-state index contributed by atoms with van der Waals surface area (Å²) in [6.45, 7) is 11.0. The van der Waals surface area contributed by atoms with Crippen molar-refractivity contribution in [2.75, 3.05) is 19.5 Å². The number of ether oxygens (including phenoxy) is 1. The monoisotopic (exact) mass is 347 g/mol. The number of nitrogens with one attached hydrogen (secondary N) is 1. The molecule has 0 rings (SSSR count). The number of unbranched alkanes of at least 4 members (excludes halogenated alkanes) is 5. The molecular weight excluding hydrogens is 309 g/mol. The van der Waals surface area contributed by atoms with Gasteiger partial charge in [0.25, 0.3) is 7.52 Å². The van der Waals surface area contributed by atoms with Gasteiger partial charge in [-0.1, -0.05) is 77.4 Å². The maximum absolute atomic E-state index is 11.8. The summed E-state index contributed by atoms with van der Waals surface area (Å²) in [6, 6.07) is 0. The van der Waals surface area contributed by atoms with Gasteiger partial charge in [0.2, 0.25) is 0 Å². The fourth-order valence-corrected chi connectivity index (χ4v) is 3.44. The highest BCUT2D eigenvalue weighted by Crippen LogP contribution is 2.34. The molecule has 0 spiro atoms. The summed E-state index contributed by atoms with van der Waals surface area (Å²) >= 11 is 0. The molecule has 0 bridgehead atoms. The van der Waals surface area contributed by atoms with Crippen molar-refractivity contribution in [3.63, 3.8) is 0 Å². The lowest BCUT2D eigenvalue weighted by molar-refractivity contribution is 0.191. The van der Waals surface area contributed by atoms with Crippen molar-refractivity contribution in [3.8, 4) is 0 Å². The van der Waals surface area contributed by atoms with Crippen LogP contribution < -0.4 is 5.09 Å². The quantitative estimate of drug-likeness (QED) is 0.220. The predicted octanol–water partition coefficient (Wildman–Crippen LogP) is 5.48. The SMILES string of the molecule is C=C(C)COCP(=O)(O)NCCCCCC(C)CCCCCC. The Bertz CT molecular complexity index is 347. The molecule has 0 saturated carbocycles. The van der Waals surface area contributed by atoms with Crippen LogP contribution in [-0.4, -0.2) is 24.4 Å². The summed E-state index contributed by atoms with van der Waals surface area (Å²) in [5, 5.41) is 2.73. The van der Waals surface area contributed by atoms with E-state index >= 15 is 0 Å². The lowest BCUT2D eigenvalue weighted by Crippen LogP contribution is -2.15. The van der Waals surface area contributed by atoms with Crippen LogP contribution in [0.5, 0.6) is 0 Å². The minimum atomic E-state index is -3.35. The molecule has 2 unspecified atom stereocenters. The molecule has 0 aliphatic heterocycles.